The average Bonchev–Trinajstić information content (AvgIpc) is 2.74. The molecular formula is C22H26BrCl2N3O4S. The predicted octanol–water partition coefficient (Wildman–Crippen LogP) is 4.47. The van der Waals surface area contributed by atoms with E-state index in [4.69, 9.17) is 23.2 Å². The summed E-state index contributed by atoms with van der Waals surface area (Å²) in [5.74, 6) is -0.847. The van der Waals surface area contributed by atoms with Crippen molar-refractivity contribution >= 4 is 66.7 Å². The Balaban J connectivity index is 2.47. The van der Waals surface area contributed by atoms with Gasteiger partial charge in [0.25, 0.3) is 0 Å². The Morgan fingerprint density at radius 2 is 1.76 bits per heavy atom. The molecule has 0 spiro atoms. The van der Waals surface area contributed by atoms with E-state index in [1.54, 1.807) is 56.3 Å². The highest BCUT2D eigenvalue weighted by Gasteiger charge is 2.32. The van der Waals surface area contributed by atoms with Gasteiger partial charge in [0.15, 0.2) is 0 Å². The maximum absolute atomic E-state index is 13.5. The Hall–Kier alpha value is -1.81. The summed E-state index contributed by atoms with van der Waals surface area (Å²) in [5, 5.41) is 3.43. The molecule has 0 aromatic heterocycles. The Morgan fingerprint density at radius 1 is 1.09 bits per heavy atom. The first-order chi connectivity index (χ1) is 15.5. The largest absolute Gasteiger partial charge is 0.355 e. The van der Waals surface area contributed by atoms with E-state index in [2.05, 4.69) is 21.2 Å². The van der Waals surface area contributed by atoms with E-state index in [9.17, 15) is 18.0 Å². The summed E-state index contributed by atoms with van der Waals surface area (Å²) < 4.78 is 26.7. The Kier molecular flexibility index (Phi) is 10.0. The summed E-state index contributed by atoms with van der Waals surface area (Å²) in [5.41, 5.74) is 0.987. The van der Waals surface area contributed by atoms with Crippen LogP contribution in [-0.4, -0.2) is 50.5 Å². The van der Waals surface area contributed by atoms with Crippen LogP contribution in [0, 0.1) is 0 Å². The van der Waals surface area contributed by atoms with Gasteiger partial charge in [0.1, 0.15) is 12.6 Å². The molecule has 0 bridgehead atoms. The molecule has 0 aliphatic carbocycles. The Morgan fingerprint density at radius 3 is 2.30 bits per heavy atom. The first kappa shape index (κ1) is 27.4. The van der Waals surface area contributed by atoms with Crippen LogP contribution >= 0.6 is 39.1 Å². The number of hydrogen-bond donors (Lipinski definition) is 1. The SMILES string of the molecule is CCNC(=O)[C@@H](CC)N(Cc1ccc(Cl)c(Cl)c1)C(=O)CN(c1ccccc1Br)S(C)(=O)=O. The Labute approximate surface area is 213 Å². The molecule has 0 radical (unpaired) electrons. The van der Waals surface area contributed by atoms with E-state index in [0.29, 0.717) is 38.7 Å². The van der Waals surface area contributed by atoms with Gasteiger partial charge >= 0.3 is 0 Å². The number of carbonyl (C=O) groups excluding carboxylic acids is 2. The number of sulfonamides is 1. The molecule has 0 fully saturated rings. The number of para-hydroxylation sites is 1. The average molecular weight is 579 g/mol. The van der Waals surface area contributed by atoms with Crippen LogP contribution in [0.2, 0.25) is 10.0 Å². The summed E-state index contributed by atoms with van der Waals surface area (Å²) in [6.07, 6.45) is 1.37. The van der Waals surface area contributed by atoms with Crippen molar-refractivity contribution in [2.75, 3.05) is 23.7 Å². The molecule has 0 aliphatic heterocycles. The van der Waals surface area contributed by atoms with E-state index >= 15 is 0 Å². The Bertz CT molecular complexity index is 1110. The van der Waals surface area contributed by atoms with Gasteiger partial charge < -0.3 is 10.2 Å². The molecule has 0 unspecified atom stereocenters. The lowest BCUT2D eigenvalue weighted by Crippen LogP contribution is -2.52. The molecule has 180 valence electrons. The van der Waals surface area contributed by atoms with Crippen LogP contribution in [0.4, 0.5) is 5.69 Å². The zero-order chi connectivity index (χ0) is 24.8. The lowest BCUT2D eigenvalue weighted by Gasteiger charge is -2.33. The number of hydrogen-bond acceptors (Lipinski definition) is 4. The van der Waals surface area contributed by atoms with Crippen LogP contribution in [0.5, 0.6) is 0 Å². The highest BCUT2D eigenvalue weighted by molar-refractivity contribution is 9.10. The molecule has 11 heteroatoms. The van der Waals surface area contributed by atoms with Crippen molar-refractivity contribution in [2.24, 2.45) is 0 Å². The van der Waals surface area contributed by atoms with Crippen molar-refractivity contribution in [1.82, 2.24) is 10.2 Å². The number of anilines is 1. The summed E-state index contributed by atoms with van der Waals surface area (Å²) >= 11 is 15.5. The van der Waals surface area contributed by atoms with Crippen LogP contribution < -0.4 is 9.62 Å². The minimum Gasteiger partial charge on any atom is -0.355 e. The molecule has 0 saturated carbocycles. The third kappa shape index (κ3) is 7.34. The minimum absolute atomic E-state index is 0.0545. The highest BCUT2D eigenvalue weighted by Crippen LogP contribution is 2.28. The summed E-state index contributed by atoms with van der Waals surface area (Å²) in [6, 6.07) is 10.9. The van der Waals surface area contributed by atoms with Gasteiger partial charge in [-0.2, -0.15) is 0 Å². The maximum atomic E-state index is 13.5. The van der Waals surface area contributed by atoms with Crippen molar-refractivity contribution in [3.05, 3.63) is 62.5 Å². The van der Waals surface area contributed by atoms with Gasteiger partial charge in [0.05, 0.1) is 22.0 Å². The van der Waals surface area contributed by atoms with Crippen LogP contribution in [-0.2, 0) is 26.2 Å². The highest BCUT2D eigenvalue weighted by atomic mass is 79.9. The van der Waals surface area contributed by atoms with E-state index in [0.717, 1.165) is 10.6 Å². The fourth-order valence-corrected chi connectivity index (χ4v) is 5.09. The second-order valence-electron chi connectivity index (χ2n) is 7.31. The van der Waals surface area contributed by atoms with E-state index < -0.39 is 28.5 Å². The van der Waals surface area contributed by atoms with Gasteiger partial charge in [-0.1, -0.05) is 48.3 Å². The number of nitrogens with one attached hydrogen (secondary N) is 1. The lowest BCUT2D eigenvalue weighted by molar-refractivity contribution is -0.140. The molecule has 2 aromatic rings. The van der Waals surface area contributed by atoms with Gasteiger partial charge in [-0.05, 0) is 59.1 Å². The summed E-state index contributed by atoms with van der Waals surface area (Å²) in [4.78, 5) is 27.6. The quantitative estimate of drug-likeness (QED) is 0.451. The standard InChI is InChI=1S/C22H26BrCl2N3O4S/c1-4-19(22(30)26-5-2)27(13-15-10-11-17(24)18(25)12-15)21(29)14-28(33(3,31)32)20-9-7-6-8-16(20)23/h6-12,19H,4-5,13-14H2,1-3H3,(H,26,30)/t19-/m1/s1. The van der Waals surface area contributed by atoms with Gasteiger partial charge in [-0.3, -0.25) is 13.9 Å². The summed E-state index contributed by atoms with van der Waals surface area (Å²) in [7, 11) is -3.80. The van der Waals surface area contributed by atoms with Gasteiger partial charge in [-0.15, -0.1) is 0 Å². The van der Waals surface area contributed by atoms with Crippen molar-refractivity contribution in [1.29, 1.82) is 0 Å². The van der Waals surface area contributed by atoms with Crippen LogP contribution in [0.1, 0.15) is 25.8 Å². The fourth-order valence-electron chi connectivity index (χ4n) is 3.29. The van der Waals surface area contributed by atoms with E-state index in [1.807, 2.05) is 0 Å². The molecule has 7 nitrogen and oxygen atoms in total. The minimum atomic E-state index is -3.80. The molecular weight excluding hydrogens is 553 g/mol. The third-order valence-corrected chi connectivity index (χ3v) is 7.41. The third-order valence-electron chi connectivity index (χ3n) is 4.87. The molecule has 2 aromatic carbocycles. The molecule has 2 amide bonds. The number of nitrogens with zero attached hydrogens (tertiary/aromatic N) is 2. The smallest absolute Gasteiger partial charge is 0.244 e. The molecule has 2 rings (SSSR count). The molecule has 0 aliphatic rings. The van der Waals surface area contributed by atoms with Crippen molar-refractivity contribution in [3.63, 3.8) is 0 Å². The molecule has 1 atom stereocenters. The fraction of sp³-hybridized carbons (Fsp3) is 0.364. The van der Waals surface area contributed by atoms with Gasteiger partial charge in [0.2, 0.25) is 21.8 Å². The number of halogens is 3. The van der Waals surface area contributed by atoms with Crippen molar-refractivity contribution < 1.29 is 18.0 Å². The number of amides is 2. The van der Waals surface area contributed by atoms with E-state index in [-0.39, 0.29) is 12.5 Å². The van der Waals surface area contributed by atoms with E-state index in [1.165, 1.54) is 4.90 Å². The van der Waals surface area contributed by atoms with Crippen LogP contribution in [0.25, 0.3) is 0 Å². The number of benzene rings is 2. The predicted molar refractivity (Wildman–Crippen MR) is 136 cm³/mol. The molecule has 1 N–H and O–H groups in total. The molecule has 0 heterocycles. The van der Waals surface area contributed by atoms with Crippen LogP contribution in [0.15, 0.2) is 46.9 Å². The number of carbonyl (C=O) groups is 2. The summed E-state index contributed by atoms with van der Waals surface area (Å²) in [6.45, 7) is 3.55. The van der Waals surface area contributed by atoms with Crippen LogP contribution in [0.3, 0.4) is 0 Å². The second-order valence-corrected chi connectivity index (χ2v) is 10.9. The lowest BCUT2D eigenvalue weighted by atomic mass is 10.1. The second kappa shape index (κ2) is 12.1. The van der Waals surface area contributed by atoms with Crippen molar-refractivity contribution in [2.45, 2.75) is 32.9 Å². The maximum Gasteiger partial charge on any atom is 0.244 e. The van der Waals surface area contributed by atoms with Crippen molar-refractivity contribution in [3.8, 4) is 0 Å². The molecule has 0 saturated heterocycles. The van der Waals surface area contributed by atoms with Gasteiger partial charge in [0, 0.05) is 17.6 Å². The first-order valence-corrected chi connectivity index (χ1v) is 13.6. The first-order valence-electron chi connectivity index (χ1n) is 10.2. The zero-order valence-electron chi connectivity index (χ0n) is 18.5. The molecule has 33 heavy (non-hydrogen) atoms. The number of likely N-dealkylation sites (N-methyl/N-ethyl adjacent to an activating group) is 1. The number of rotatable bonds is 10. The zero-order valence-corrected chi connectivity index (χ0v) is 22.4. The topological polar surface area (TPSA) is 86.8 Å². The monoisotopic (exact) mass is 577 g/mol. The normalized spacial score (nSPS) is 12.2. The van der Waals surface area contributed by atoms with Gasteiger partial charge in [-0.25, -0.2) is 8.42 Å².